The van der Waals surface area contributed by atoms with Crippen molar-refractivity contribution < 1.29 is 9.53 Å². The minimum absolute atomic E-state index is 0.0125. The van der Waals surface area contributed by atoms with Crippen LogP contribution in [-0.2, 0) is 28.9 Å². The van der Waals surface area contributed by atoms with Crippen molar-refractivity contribution in [2.24, 2.45) is 0 Å². The molecule has 1 aliphatic carbocycles. The lowest BCUT2D eigenvalue weighted by molar-refractivity contribution is -0.120. The number of carbonyl (C=O) groups is 1. The van der Waals surface area contributed by atoms with Crippen LogP contribution in [0.25, 0.3) is 22.2 Å². The van der Waals surface area contributed by atoms with Gasteiger partial charge in [-0.2, -0.15) is 5.10 Å². The topological polar surface area (TPSA) is 58.2 Å². The summed E-state index contributed by atoms with van der Waals surface area (Å²) >= 11 is 0. The number of fused-ring (bicyclic) bond motifs is 2. The van der Waals surface area contributed by atoms with Gasteiger partial charge in [-0.3, -0.25) is 14.8 Å². The summed E-state index contributed by atoms with van der Waals surface area (Å²) in [6.07, 6.45) is 3.57. The van der Waals surface area contributed by atoms with Gasteiger partial charge in [0.25, 0.3) is 0 Å². The summed E-state index contributed by atoms with van der Waals surface area (Å²) in [7, 11) is 0. The van der Waals surface area contributed by atoms with Crippen LogP contribution in [0.15, 0.2) is 66.7 Å². The van der Waals surface area contributed by atoms with Crippen molar-refractivity contribution in [3.8, 4) is 11.3 Å². The van der Waals surface area contributed by atoms with Crippen molar-refractivity contribution in [2.45, 2.75) is 38.1 Å². The van der Waals surface area contributed by atoms with Gasteiger partial charge >= 0.3 is 0 Å². The second kappa shape index (κ2) is 9.76. The molecule has 35 heavy (non-hydrogen) atoms. The molecular formula is C30H31N3O2. The number of carbonyl (C=O) groups excluding carboxylic acids is 1. The van der Waals surface area contributed by atoms with Gasteiger partial charge in [0.15, 0.2) is 0 Å². The first kappa shape index (κ1) is 22.2. The van der Waals surface area contributed by atoms with E-state index in [-0.39, 0.29) is 5.92 Å². The van der Waals surface area contributed by atoms with Gasteiger partial charge in [-0.15, -0.1) is 0 Å². The van der Waals surface area contributed by atoms with Crippen LogP contribution in [0.1, 0.15) is 41.0 Å². The molecule has 5 heteroatoms. The fourth-order valence-electron chi connectivity index (χ4n) is 5.59. The number of nitrogens with zero attached hydrogens (tertiary/aromatic N) is 2. The predicted molar refractivity (Wildman–Crippen MR) is 138 cm³/mol. The van der Waals surface area contributed by atoms with E-state index < -0.39 is 0 Å². The molecule has 1 saturated heterocycles. The smallest absolute Gasteiger partial charge is 0.144 e. The van der Waals surface area contributed by atoms with Gasteiger partial charge in [0.1, 0.15) is 5.78 Å². The highest BCUT2D eigenvalue weighted by atomic mass is 16.5. The second-order valence-corrected chi connectivity index (χ2v) is 9.82. The van der Waals surface area contributed by atoms with E-state index in [0.29, 0.717) is 12.2 Å². The maximum atomic E-state index is 13.3. The minimum Gasteiger partial charge on any atom is -0.379 e. The van der Waals surface area contributed by atoms with Gasteiger partial charge in [0.2, 0.25) is 0 Å². The van der Waals surface area contributed by atoms with E-state index in [1.807, 2.05) is 0 Å². The van der Waals surface area contributed by atoms with Crippen LogP contribution < -0.4 is 0 Å². The number of aryl methyl sites for hydroxylation is 1. The Morgan fingerprint density at radius 3 is 2.66 bits per heavy atom. The average Bonchev–Trinajstić information content (AvgIpc) is 3.33. The molecule has 178 valence electrons. The van der Waals surface area contributed by atoms with E-state index in [0.717, 1.165) is 79.8 Å². The molecule has 0 saturated carbocycles. The Balaban J connectivity index is 1.21. The first-order chi connectivity index (χ1) is 17.2. The van der Waals surface area contributed by atoms with Gasteiger partial charge < -0.3 is 4.74 Å². The van der Waals surface area contributed by atoms with Crippen molar-refractivity contribution in [3.63, 3.8) is 0 Å². The number of H-pyrrole nitrogens is 1. The lowest BCUT2D eigenvalue weighted by atomic mass is 9.79. The molecule has 3 aromatic carbocycles. The SMILES string of the molecule is O=C(Cc1ccc2[nH]nc(-c3ccc(CN4CCOCC4)cc3)c2c1)C1CCCc2ccccc21. The molecule has 6 rings (SSSR count). The third kappa shape index (κ3) is 4.66. The monoisotopic (exact) mass is 465 g/mol. The molecule has 1 aromatic heterocycles. The third-order valence-electron chi connectivity index (χ3n) is 7.50. The van der Waals surface area contributed by atoms with Gasteiger partial charge in [0.05, 0.1) is 24.4 Å². The van der Waals surface area contributed by atoms with Gasteiger partial charge in [0, 0.05) is 42.9 Å². The van der Waals surface area contributed by atoms with E-state index >= 15 is 0 Å². The summed E-state index contributed by atoms with van der Waals surface area (Å²) in [5, 5.41) is 8.85. The van der Waals surface area contributed by atoms with Crippen LogP contribution >= 0.6 is 0 Å². The standard InChI is InChI=1S/C30H31N3O2/c34-29(26-7-3-5-23-4-1-2-6-25(23)26)19-22-10-13-28-27(18-22)30(32-31-28)24-11-8-21(9-12-24)20-33-14-16-35-17-15-33/h1-2,4,6,8-13,18,26H,3,5,7,14-17,19-20H2,(H,31,32). The summed E-state index contributed by atoms with van der Waals surface area (Å²) in [6, 6.07) is 23.4. The van der Waals surface area contributed by atoms with Crippen molar-refractivity contribution in [3.05, 3.63) is 89.0 Å². The Morgan fingerprint density at radius 1 is 1.00 bits per heavy atom. The highest BCUT2D eigenvalue weighted by molar-refractivity contribution is 5.95. The van der Waals surface area contributed by atoms with E-state index in [9.17, 15) is 4.79 Å². The van der Waals surface area contributed by atoms with Crippen molar-refractivity contribution in [1.82, 2.24) is 15.1 Å². The molecule has 2 aliphatic rings. The number of ether oxygens (including phenoxy) is 1. The number of Topliss-reactive ketones (excluding diaryl/α,β-unsaturated/α-hetero) is 1. The van der Waals surface area contributed by atoms with E-state index in [4.69, 9.17) is 4.74 Å². The van der Waals surface area contributed by atoms with Crippen LogP contribution in [-0.4, -0.2) is 47.2 Å². The van der Waals surface area contributed by atoms with E-state index in [1.165, 1.54) is 16.7 Å². The normalized spacial score (nSPS) is 18.5. The summed E-state index contributed by atoms with van der Waals surface area (Å²) in [4.78, 5) is 15.8. The largest absolute Gasteiger partial charge is 0.379 e. The lowest BCUT2D eigenvalue weighted by Crippen LogP contribution is -2.35. The van der Waals surface area contributed by atoms with Crippen LogP contribution in [0.4, 0.5) is 0 Å². The molecule has 1 fully saturated rings. The Hall–Kier alpha value is -3.28. The molecule has 0 radical (unpaired) electrons. The third-order valence-corrected chi connectivity index (χ3v) is 7.50. The van der Waals surface area contributed by atoms with Crippen LogP contribution in [0, 0.1) is 0 Å². The van der Waals surface area contributed by atoms with E-state index in [1.54, 1.807) is 0 Å². The zero-order valence-electron chi connectivity index (χ0n) is 20.0. The fraction of sp³-hybridized carbons (Fsp3) is 0.333. The number of hydrogen-bond acceptors (Lipinski definition) is 4. The van der Waals surface area contributed by atoms with Gasteiger partial charge in [-0.25, -0.2) is 0 Å². The number of rotatable bonds is 6. The summed E-state index contributed by atoms with van der Waals surface area (Å²) in [5.41, 5.74) is 7.94. The zero-order valence-corrected chi connectivity index (χ0v) is 20.0. The molecule has 5 nitrogen and oxygen atoms in total. The van der Waals surface area contributed by atoms with Gasteiger partial charge in [-0.05, 0) is 53.6 Å². The fourth-order valence-corrected chi connectivity index (χ4v) is 5.59. The maximum absolute atomic E-state index is 13.3. The number of benzene rings is 3. The Morgan fingerprint density at radius 2 is 1.80 bits per heavy atom. The van der Waals surface area contributed by atoms with Crippen LogP contribution in [0.2, 0.25) is 0 Å². The average molecular weight is 466 g/mol. The lowest BCUT2D eigenvalue weighted by Gasteiger charge is -2.26. The molecule has 0 amide bonds. The summed E-state index contributed by atoms with van der Waals surface area (Å²) in [5.74, 6) is 0.326. The molecule has 4 aromatic rings. The number of ketones is 1. The molecule has 1 aliphatic heterocycles. The highest BCUT2D eigenvalue weighted by Crippen LogP contribution is 2.34. The molecule has 1 unspecified atom stereocenters. The van der Waals surface area contributed by atoms with Gasteiger partial charge in [-0.1, -0.05) is 54.6 Å². The molecular weight excluding hydrogens is 434 g/mol. The Bertz CT molecular complexity index is 1340. The molecule has 1 N–H and O–H groups in total. The quantitative estimate of drug-likeness (QED) is 0.420. The number of hydrogen-bond donors (Lipinski definition) is 1. The molecule has 1 atom stereocenters. The second-order valence-electron chi connectivity index (χ2n) is 9.82. The predicted octanol–water partition coefficient (Wildman–Crippen LogP) is 5.29. The minimum atomic E-state index is 0.0125. The number of aromatic nitrogens is 2. The molecule has 0 spiro atoms. The Labute approximate surface area is 206 Å². The highest BCUT2D eigenvalue weighted by Gasteiger charge is 2.26. The van der Waals surface area contributed by atoms with E-state index in [2.05, 4.69) is 81.8 Å². The molecule has 2 heterocycles. The first-order valence-corrected chi connectivity index (χ1v) is 12.7. The van der Waals surface area contributed by atoms with Crippen LogP contribution in [0.5, 0.6) is 0 Å². The van der Waals surface area contributed by atoms with Crippen LogP contribution in [0.3, 0.4) is 0 Å². The van der Waals surface area contributed by atoms with Crippen molar-refractivity contribution in [2.75, 3.05) is 26.3 Å². The summed E-state index contributed by atoms with van der Waals surface area (Å²) in [6.45, 7) is 4.55. The molecule has 0 bridgehead atoms. The first-order valence-electron chi connectivity index (χ1n) is 12.7. The van der Waals surface area contributed by atoms with Crippen molar-refractivity contribution in [1.29, 1.82) is 0 Å². The maximum Gasteiger partial charge on any atom is 0.144 e. The number of nitrogens with one attached hydrogen (secondary N) is 1. The van der Waals surface area contributed by atoms with Crippen molar-refractivity contribution >= 4 is 16.7 Å². The summed E-state index contributed by atoms with van der Waals surface area (Å²) < 4.78 is 5.46. The number of morpholine rings is 1. The zero-order chi connectivity index (χ0) is 23.6. The number of aromatic amines is 1. The Kier molecular flexibility index (Phi) is 6.19.